The van der Waals surface area contributed by atoms with Gasteiger partial charge < -0.3 is 14.1 Å². The molecule has 0 fully saturated rings. The average molecular weight is 292 g/mol. The number of aromatic amines is 1. The molecule has 1 N–H and O–H groups in total. The van der Waals surface area contributed by atoms with Gasteiger partial charge in [-0.15, -0.1) is 0 Å². The molecular formula is C17H12N2O3. The number of aromatic nitrogens is 2. The van der Waals surface area contributed by atoms with E-state index in [9.17, 15) is 4.79 Å². The lowest BCUT2D eigenvalue weighted by Gasteiger charge is -2.01. The Morgan fingerprint density at radius 3 is 2.86 bits per heavy atom. The first-order valence-corrected chi connectivity index (χ1v) is 6.82. The Kier molecular flexibility index (Phi) is 2.72. The van der Waals surface area contributed by atoms with Gasteiger partial charge >= 0.3 is 5.63 Å². The van der Waals surface area contributed by atoms with Gasteiger partial charge in [0, 0.05) is 10.9 Å². The predicted molar refractivity (Wildman–Crippen MR) is 84.1 cm³/mol. The molecule has 22 heavy (non-hydrogen) atoms. The highest BCUT2D eigenvalue weighted by molar-refractivity contribution is 6.01. The monoisotopic (exact) mass is 292 g/mol. The normalized spacial score (nSPS) is 11.1. The van der Waals surface area contributed by atoms with Crippen LogP contribution in [0, 0.1) is 0 Å². The summed E-state index contributed by atoms with van der Waals surface area (Å²) in [5.41, 5.74) is 1.93. The van der Waals surface area contributed by atoms with E-state index in [4.69, 9.17) is 9.15 Å². The molecule has 108 valence electrons. The van der Waals surface area contributed by atoms with Gasteiger partial charge in [-0.2, -0.15) is 0 Å². The van der Waals surface area contributed by atoms with Crippen LogP contribution in [0.3, 0.4) is 0 Å². The molecular weight excluding hydrogens is 280 g/mol. The van der Waals surface area contributed by atoms with Crippen molar-refractivity contribution in [2.45, 2.75) is 0 Å². The molecule has 0 aliphatic rings. The highest BCUT2D eigenvalue weighted by Gasteiger charge is 2.13. The number of H-pyrrole nitrogens is 1. The molecule has 0 spiro atoms. The van der Waals surface area contributed by atoms with Crippen molar-refractivity contribution in [2.24, 2.45) is 0 Å². The van der Waals surface area contributed by atoms with Crippen molar-refractivity contribution in [1.29, 1.82) is 0 Å². The first kappa shape index (κ1) is 12.6. The minimum atomic E-state index is -0.445. The second-order valence-electron chi connectivity index (χ2n) is 4.93. The Balaban J connectivity index is 2.02. The number of fused-ring (bicyclic) bond motifs is 3. The number of imidazole rings is 1. The highest BCUT2D eigenvalue weighted by atomic mass is 16.5. The summed E-state index contributed by atoms with van der Waals surface area (Å²) in [7, 11) is 1.61. The van der Waals surface area contributed by atoms with Crippen LogP contribution in [0.4, 0.5) is 0 Å². The Labute approximate surface area is 125 Å². The number of nitrogens with one attached hydrogen (secondary N) is 1. The summed E-state index contributed by atoms with van der Waals surface area (Å²) in [6, 6.07) is 14.9. The molecule has 2 aromatic heterocycles. The number of nitrogens with zero attached hydrogens (tertiary/aromatic N) is 1. The molecule has 0 bridgehead atoms. The molecule has 5 heteroatoms. The molecule has 0 saturated carbocycles. The average Bonchev–Trinajstić information content (AvgIpc) is 3.01. The summed E-state index contributed by atoms with van der Waals surface area (Å²) in [5, 5.41) is 0.832. The standard InChI is InChI=1S/C17H12N2O3/c1-21-11-6-4-5-10(9-11)16-18-14-12-7-2-3-8-13(12)22-17(20)15(14)19-16/h2-9H,1H3,(H,18,19). The molecule has 0 aliphatic heterocycles. The van der Waals surface area contributed by atoms with E-state index in [0.29, 0.717) is 22.4 Å². The van der Waals surface area contributed by atoms with E-state index in [1.165, 1.54) is 0 Å². The zero-order chi connectivity index (χ0) is 15.1. The minimum Gasteiger partial charge on any atom is -0.497 e. The minimum absolute atomic E-state index is 0.302. The lowest BCUT2D eigenvalue weighted by Crippen LogP contribution is -1.99. The van der Waals surface area contributed by atoms with Gasteiger partial charge in [-0.25, -0.2) is 9.78 Å². The van der Waals surface area contributed by atoms with Gasteiger partial charge in [-0.05, 0) is 24.3 Å². The molecule has 5 nitrogen and oxygen atoms in total. The number of benzene rings is 2. The van der Waals surface area contributed by atoms with Crippen LogP contribution in [0.1, 0.15) is 0 Å². The van der Waals surface area contributed by atoms with E-state index in [-0.39, 0.29) is 0 Å². The van der Waals surface area contributed by atoms with Crippen LogP contribution < -0.4 is 10.4 Å². The van der Waals surface area contributed by atoms with Gasteiger partial charge in [0.2, 0.25) is 0 Å². The maximum atomic E-state index is 12.1. The van der Waals surface area contributed by atoms with Crippen LogP contribution in [0.15, 0.2) is 57.7 Å². The van der Waals surface area contributed by atoms with E-state index >= 15 is 0 Å². The quantitative estimate of drug-likeness (QED) is 0.575. The van der Waals surface area contributed by atoms with Gasteiger partial charge in [0.15, 0.2) is 5.52 Å². The highest BCUT2D eigenvalue weighted by Crippen LogP contribution is 2.26. The van der Waals surface area contributed by atoms with Gasteiger partial charge in [0.05, 0.1) is 12.6 Å². The van der Waals surface area contributed by atoms with Crippen LogP contribution in [0.2, 0.25) is 0 Å². The third kappa shape index (κ3) is 1.87. The smallest absolute Gasteiger partial charge is 0.364 e. The first-order valence-electron chi connectivity index (χ1n) is 6.82. The summed E-state index contributed by atoms with van der Waals surface area (Å²) < 4.78 is 10.5. The number of hydrogen-bond acceptors (Lipinski definition) is 4. The molecule has 0 atom stereocenters. The Morgan fingerprint density at radius 2 is 2.00 bits per heavy atom. The fraction of sp³-hybridized carbons (Fsp3) is 0.0588. The third-order valence-electron chi connectivity index (χ3n) is 3.60. The van der Waals surface area contributed by atoms with Gasteiger partial charge in [-0.3, -0.25) is 0 Å². The van der Waals surface area contributed by atoms with E-state index in [1.807, 2.05) is 42.5 Å². The molecule has 0 amide bonds. The largest absolute Gasteiger partial charge is 0.497 e. The fourth-order valence-electron chi connectivity index (χ4n) is 2.53. The van der Waals surface area contributed by atoms with Crippen molar-refractivity contribution in [2.75, 3.05) is 7.11 Å². The second-order valence-corrected chi connectivity index (χ2v) is 4.93. The Bertz CT molecular complexity index is 1050. The lowest BCUT2D eigenvalue weighted by atomic mass is 10.2. The summed E-state index contributed by atoms with van der Waals surface area (Å²) in [4.78, 5) is 19.7. The first-order chi connectivity index (χ1) is 10.8. The van der Waals surface area contributed by atoms with Crippen LogP contribution in [-0.2, 0) is 0 Å². The number of methoxy groups -OCH3 is 1. The maximum absolute atomic E-state index is 12.1. The molecule has 4 rings (SSSR count). The van der Waals surface area contributed by atoms with Gasteiger partial charge in [0.1, 0.15) is 17.2 Å². The number of ether oxygens (including phenoxy) is 1. The predicted octanol–water partition coefficient (Wildman–Crippen LogP) is 3.34. The Morgan fingerprint density at radius 1 is 1.14 bits per heavy atom. The lowest BCUT2D eigenvalue weighted by molar-refractivity contribution is 0.415. The molecule has 0 unspecified atom stereocenters. The van der Waals surface area contributed by atoms with Crippen molar-refractivity contribution in [3.8, 4) is 17.1 Å². The van der Waals surface area contributed by atoms with Crippen molar-refractivity contribution in [3.63, 3.8) is 0 Å². The summed E-state index contributed by atoms with van der Waals surface area (Å²) in [5.74, 6) is 1.34. The fourth-order valence-corrected chi connectivity index (χ4v) is 2.53. The van der Waals surface area contributed by atoms with Crippen LogP contribution in [0.5, 0.6) is 5.75 Å². The number of para-hydroxylation sites is 1. The van der Waals surface area contributed by atoms with Crippen LogP contribution in [-0.4, -0.2) is 17.1 Å². The topological polar surface area (TPSA) is 68.1 Å². The van der Waals surface area contributed by atoms with Crippen molar-refractivity contribution >= 4 is 22.0 Å². The van der Waals surface area contributed by atoms with Crippen LogP contribution >= 0.6 is 0 Å². The molecule has 2 aromatic carbocycles. The molecule has 4 aromatic rings. The third-order valence-corrected chi connectivity index (χ3v) is 3.60. The molecule has 0 saturated heterocycles. The molecule has 0 aliphatic carbocycles. The van der Waals surface area contributed by atoms with E-state index < -0.39 is 5.63 Å². The molecule has 0 radical (unpaired) electrons. The molecule has 2 heterocycles. The van der Waals surface area contributed by atoms with Crippen molar-refractivity contribution in [3.05, 3.63) is 59.0 Å². The van der Waals surface area contributed by atoms with E-state index in [2.05, 4.69) is 9.97 Å². The summed E-state index contributed by atoms with van der Waals surface area (Å²) in [6.45, 7) is 0. The van der Waals surface area contributed by atoms with Crippen molar-refractivity contribution < 1.29 is 9.15 Å². The summed E-state index contributed by atoms with van der Waals surface area (Å²) >= 11 is 0. The second kappa shape index (κ2) is 4.73. The SMILES string of the molecule is COc1cccc(-c2nc3c(=O)oc4ccccc4c3[nH]2)c1. The van der Waals surface area contributed by atoms with E-state index in [1.54, 1.807) is 13.2 Å². The summed E-state index contributed by atoms with van der Waals surface area (Å²) in [6.07, 6.45) is 0. The zero-order valence-corrected chi connectivity index (χ0v) is 11.8. The van der Waals surface area contributed by atoms with Crippen LogP contribution in [0.25, 0.3) is 33.4 Å². The number of rotatable bonds is 2. The maximum Gasteiger partial charge on any atom is 0.364 e. The van der Waals surface area contributed by atoms with E-state index in [0.717, 1.165) is 16.7 Å². The zero-order valence-electron chi connectivity index (χ0n) is 11.8. The number of hydrogen-bond donors (Lipinski definition) is 1. The van der Waals surface area contributed by atoms with Crippen molar-refractivity contribution in [1.82, 2.24) is 9.97 Å². The van der Waals surface area contributed by atoms with Gasteiger partial charge in [-0.1, -0.05) is 24.3 Å². The van der Waals surface area contributed by atoms with Gasteiger partial charge in [0.25, 0.3) is 0 Å². The Hall–Kier alpha value is -3.08.